The van der Waals surface area contributed by atoms with Crippen molar-refractivity contribution in [1.29, 1.82) is 0 Å². The number of carbonyl (C=O) groups excluding carboxylic acids is 1. The zero-order chi connectivity index (χ0) is 18.0. The van der Waals surface area contributed by atoms with Crippen molar-refractivity contribution < 1.29 is 13.2 Å². The summed E-state index contributed by atoms with van der Waals surface area (Å²) in [5.74, 6) is -0.202. The first kappa shape index (κ1) is 21.0. The highest BCUT2D eigenvalue weighted by molar-refractivity contribution is 7.89. The highest BCUT2D eigenvalue weighted by Gasteiger charge is 2.26. The van der Waals surface area contributed by atoms with Crippen LogP contribution in [0, 0.1) is 0 Å². The lowest BCUT2D eigenvalue weighted by Crippen LogP contribution is -2.37. The number of sulfonamides is 1. The molecule has 2 fully saturated rings. The van der Waals surface area contributed by atoms with Gasteiger partial charge in [-0.15, -0.1) is 12.4 Å². The molecule has 0 bridgehead atoms. The van der Waals surface area contributed by atoms with Gasteiger partial charge in [-0.25, -0.2) is 12.7 Å². The fraction of sp³-hybridized carbons (Fsp3) is 0.588. The van der Waals surface area contributed by atoms with Crippen molar-refractivity contribution in [2.45, 2.75) is 30.2 Å². The third-order valence-corrected chi connectivity index (χ3v) is 6.64. The Morgan fingerprint density at radius 3 is 2.54 bits per heavy atom. The van der Waals surface area contributed by atoms with E-state index in [9.17, 15) is 13.2 Å². The van der Waals surface area contributed by atoms with Gasteiger partial charge in [0.1, 0.15) is 0 Å². The SMILES string of the molecule is CN(C)S(=O)(=O)c1ccc(N2CCCC2)c(C(=O)NC2CCNC2)c1.Cl. The van der Waals surface area contributed by atoms with Crippen molar-refractivity contribution in [2.75, 3.05) is 45.2 Å². The second kappa shape index (κ2) is 8.56. The third-order valence-electron chi connectivity index (χ3n) is 4.83. The van der Waals surface area contributed by atoms with Crippen molar-refractivity contribution >= 4 is 34.0 Å². The van der Waals surface area contributed by atoms with E-state index in [-0.39, 0.29) is 29.3 Å². The van der Waals surface area contributed by atoms with Crippen molar-refractivity contribution in [3.05, 3.63) is 23.8 Å². The Balaban J connectivity index is 0.00000243. The molecule has 0 radical (unpaired) electrons. The molecule has 0 aromatic heterocycles. The summed E-state index contributed by atoms with van der Waals surface area (Å²) in [6, 6.07) is 4.97. The van der Waals surface area contributed by atoms with Gasteiger partial charge >= 0.3 is 0 Å². The number of anilines is 1. The quantitative estimate of drug-likeness (QED) is 0.769. The zero-order valence-corrected chi connectivity index (χ0v) is 16.8. The fourth-order valence-corrected chi connectivity index (χ4v) is 4.27. The molecule has 2 aliphatic heterocycles. The number of rotatable bonds is 5. The summed E-state index contributed by atoms with van der Waals surface area (Å²) >= 11 is 0. The molecule has 9 heteroatoms. The van der Waals surface area contributed by atoms with E-state index in [1.54, 1.807) is 12.1 Å². The van der Waals surface area contributed by atoms with Crippen LogP contribution >= 0.6 is 12.4 Å². The Morgan fingerprint density at radius 2 is 1.96 bits per heavy atom. The van der Waals surface area contributed by atoms with Gasteiger partial charge in [-0.3, -0.25) is 4.79 Å². The molecule has 2 aliphatic rings. The van der Waals surface area contributed by atoms with Gasteiger partial charge in [0.15, 0.2) is 0 Å². The standard InChI is InChI=1S/C17H26N4O3S.ClH/c1-20(2)25(23,24)14-5-6-16(21-9-3-4-10-21)15(11-14)17(22)19-13-7-8-18-12-13;/h5-6,11,13,18H,3-4,7-10,12H2,1-2H3,(H,19,22);1H. The monoisotopic (exact) mass is 402 g/mol. The Morgan fingerprint density at radius 1 is 1.27 bits per heavy atom. The molecule has 7 nitrogen and oxygen atoms in total. The first-order chi connectivity index (χ1) is 11.9. The molecule has 1 aromatic carbocycles. The van der Waals surface area contributed by atoms with Crippen LogP contribution in [0.4, 0.5) is 5.69 Å². The lowest BCUT2D eigenvalue weighted by atomic mass is 10.1. The normalized spacial score (nSPS) is 20.3. The molecule has 0 saturated carbocycles. The van der Waals surface area contributed by atoms with Crippen LogP contribution < -0.4 is 15.5 Å². The molecule has 2 saturated heterocycles. The number of nitrogens with zero attached hydrogens (tertiary/aromatic N) is 2. The summed E-state index contributed by atoms with van der Waals surface area (Å²) in [7, 11) is -0.591. The third kappa shape index (κ3) is 4.31. The highest BCUT2D eigenvalue weighted by Crippen LogP contribution is 2.28. The molecule has 0 spiro atoms. The molecule has 0 aliphatic carbocycles. The van der Waals surface area contributed by atoms with Gasteiger partial charge in [-0.1, -0.05) is 0 Å². The van der Waals surface area contributed by atoms with Gasteiger partial charge in [-0.2, -0.15) is 0 Å². The van der Waals surface area contributed by atoms with E-state index in [0.717, 1.165) is 51.1 Å². The second-order valence-corrected chi connectivity index (χ2v) is 8.98. The Labute approximate surface area is 161 Å². The van der Waals surface area contributed by atoms with Gasteiger partial charge in [0, 0.05) is 45.5 Å². The molecule has 3 rings (SSSR count). The van der Waals surface area contributed by atoms with Gasteiger partial charge in [-0.05, 0) is 44.0 Å². The zero-order valence-electron chi connectivity index (χ0n) is 15.2. The van der Waals surface area contributed by atoms with E-state index >= 15 is 0 Å². The summed E-state index contributed by atoms with van der Waals surface area (Å²) < 4.78 is 26.1. The lowest BCUT2D eigenvalue weighted by Gasteiger charge is -2.23. The average molecular weight is 403 g/mol. The van der Waals surface area contributed by atoms with E-state index in [0.29, 0.717) is 5.56 Å². The minimum absolute atomic E-state index is 0. The van der Waals surface area contributed by atoms with Gasteiger partial charge in [0.25, 0.3) is 5.91 Å². The molecule has 1 amide bonds. The van der Waals surface area contributed by atoms with Crippen LogP contribution in [0.2, 0.25) is 0 Å². The van der Waals surface area contributed by atoms with Crippen molar-refractivity contribution in [1.82, 2.24) is 14.9 Å². The van der Waals surface area contributed by atoms with Crippen LogP contribution in [0.5, 0.6) is 0 Å². The maximum Gasteiger partial charge on any atom is 0.253 e. The smallest absolute Gasteiger partial charge is 0.253 e. The Kier molecular flexibility index (Phi) is 6.90. The Bertz CT molecular complexity index is 742. The minimum Gasteiger partial charge on any atom is -0.371 e. The molecule has 146 valence electrons. The topological polar surface area (TPSA) is 81.8 Å². The van der Waals surface area contributed by atoms with E-state index in [4.69, 9.17) is 0 Å². The summed E-state index contributed by atoms with van der Waals surface area (Å²) in [5.41, 5.74) is 1.26. The van der Waals surface area contributed by atoms with E-state index in [2.05, 4.69) is 15.5 Å². The van der Waals surface area contributed by atoms with Gasteiger partial charge in [0.2, 0.25) is 10.0 Å². The number of amides is 1. The molecule has 1 aromatic rings. The van der Waals surface area contributed by atoms with E-state index < -0.39 is 10.0 Å². The number of hydrogen-bond donors (Lipinski definition) is 2. The molecule has 2 heterocycles. The van der Waals surface area contributed by atoms with Crippen LogP contribution in [0.15, 0.2) is 23.1 Å². The predicted octanol–water partition coefficient (Wildman–Crippen LogP) is 1.05. The maximum absolute atomic E-state index is 12.9. The van der Waals surface area contributed by atoms with Crippen LogP contribution in [0.1, 0.15) is 29.6 Å². The van der Waals surface area contributed by atoms with Gasteiger partial charge in [0.05, 0.1) is 10.5 Å². The lowest BCUT2D eigenvalue weighted by molar-refractivity contribution is 0.0940. The molecule has 1 atom stereocenters. The maximum atomic E-state index is 12.9. The Hall–Kier alpha value is -1.35. The van der Waals surface area contributed by atoms with Crippen LogP contribution in [-0.2, 0) is 10.0 Å². The van der Waals surface area contributed by atoms with Crippen molar-refractivity contribution in [3.8, 4) is 0 Å². The summed E-state index contributed by atoms with van der Waals surface area (Å²) in [5, 5.41) is 6.25. The minimum atomic E-state index is -3.58. The van der Waals surface area contributed by atoms with Crippen LogP contribution in [0.25, 0.3) is 0 Å². The van der Waals surface area contributed by atoms with Gasteiger partial charge < -0.3 is 15.5 Å². The highest BCUT2D eigenvalue weighted by atomic mass is 35.5. The molecule has 26 heavy (non-hydrogen) atoms. The molecular weight excluding hydrogens is 376 g/mol. The van der Waals surface area contributed by atoms with E-state index in [1.807, 2.05) is 0 Å². The summed E-state index contributed by atoms with van der Waals surface area (Å²) in [6.07, 6.45) is 3.07. The predicted molar refractivity (Wildman–Crippen MR) is 105 cm³/mol. The summed E-state index contributed by atoms with van der Waals surface area (Å²) in [6.45, 7) is 3.43. The number of benzene rings is 1. The fourth-order valence-electron chi connectivity index (χ4n) is 3.34. The van der Waals surface area contributed by atoms with Crippen molar-refractivity contribution in [2.24, 2.45) is 0 Å². The van der Waals surface area contributed by atoms with Crippen molar-refractivity contribution in [3.63, 3.8) is 0 Å². The molecular formula is C17H27ClN4O3S. The number of hydrogen-bond acceptors (Lipinski definition) is 5. The van der Waals surface area contributed by atoms with E-state index in [1.165, 1.54) is 24.5 Å². The number of nitrogens with one attached hydrogen (secondary N) is 2. The molecule has 2 N–H and O–H groups in total. The largest absolute Gasteiger partial charge is 0.371 e. The first-order valence-corrected chi connectivity index (χ1v) is 10.2. The van der Waals surface area contributed by atoms with Crippen LogP contribution in [-0.4, -0.2) is 64.9 Å². The van der Waals surface area contributed by atoms with Crippen LogP contribution in [0.3, 0.4) is 0 Å². The first-order valence-electron chi connectivity index (χ1n) is 8.72. The second-order valence-electron chi connectivity index (χ2n) is 6.82. The molecule has 1 unspecified atom stereocenters. The number of halogens is 1. The number of carbonyl (C=O) groups is 1. The average Bonchev–Trinajstić information content (AvgIpc) is 3.27. The summed E-state index contributed by atoms with van der Waals surface area (Å²) in [4.78, 5) is 15.2.